The van der Waals surface area contributed by atoms with E-state index in [4.69, 9.17) is 0 Å². The van der Waals surface area contributed by atoms with Crippen LogP contribution in [0.1, 0.15) is 59.8 Å². The molecule has 4 unspecified atom stereocenters. The van der Waals surface area contributed by atoms with Crippen molar-refractivity contribution < 1.29 is 9.90 Å². The van der Waals surface area contributed by atoms with Crippen LogP contribution in [0.5, 0.6) is 0 Å². The van der Waals surface area contributed by atoms with Crippen molar-refractivity contribution in [1.82, 2.24) is 10.2 Å². The van der Waals surface area contributed by atoms with Crippen LogP contribution in [0.3, 0.4) is 0 Å². The second-order valence-corrected chi connectivity index (χ2v) is 8.68. The van der Waals surface area contributed by atoms with Gasteiger partial charge in [-0.3, -0.25) is 0 Å². The summed E-state index contributed by atoms with van der Waals surface area (Å²) in [6.07, 6.45) is 5.27. The van der Waals surface area contributed by atoms with Crippen LogP contribution >= 0.6 is 0 Å². The molecule has 1 aliphatic heterocycles. The van der Waals surface area contributed by atoms with E-state index in [1.165, 1.54) is 12.8 Å². The van der Waals surface area contributed by atoms with E-state index in [1.807, 2.05) is 11.8 Å². The summed E-state index contributed by atoms with van der Waals surface area (Å²) in [5.41, 5.74) is 0.579. The number of aliphatic hydroxyl groups excluding tert-OH is 1. The van der Waals surface area contributed by atoms with Gasteiger partial charge >= 0.3 is 6.03 Å². The van der Waals surface area contributed by atoms with Gasteiger partial charge in [-0.1, -0.05) is 20.8 Å². The molecule has 4 atom stereocenters. The molecule has 4 heteroatoms. The maximum Gasteiger partial charge on any atom is 0.317 e. The van der Waals surface area contributed by atoms with Gasteiger partial charge in [0.25, 0.3) is 0 Å². The summed E-state index contributed by atoms with van der Waals surface area (Å²) in [4.78, 5) is 14.6. The molecule has 3 rings (SSSR count). The topological polar surface area (TPSA) is 52.6 Å². The molecule has 126 valence electrons. The predicted octanol–water partition coefficient (Wildman–Crippen LogP) is 3.00. The lowest BCUT2D eigenvalue weighted by Crippen LogP contribution is -2.53. The number of hydrogen-bond donors (Lipinski definition) is 2. The van der Waals surface area contributed by atoms with Crippen LogP contribution in [0.15, 0.2) is 0 Å². The Morgan fingerprint density at radius 2 is 1.86 bits per heavy atom. The minimum atomic E-state index is -0.254. The minimum absolute atomic E-state index is 0.110. The van der Waals surface area contributed by atoms with Crippen LogP contribution in [0.2, 0.25) is 0 Å². The Morgan fingerprint density at radius 3 is 2.32 bits per heavy atom. The average molecular weight is 308 g/mol. The highest BCUT2D eigenvalue weighted by Crippen LogP contribution is 2.65. The Balaban J connectivity index is 1.58. The Kier molecular flexibility index (Phi) is 3.95. The molecule has 22 heavy (non-hydrogen) atoms. The van der Waals surface area contributed by atoms with Crippen LogP contribution in [-0.4, -0.2) is 41.3 Å². The molecule has 0 aromatic rings. The van der Waals surface area contributed by atoms with Gasteiger partial charge in [0.15, 0.2) is 0 Å². The number of urea groups is 1. The monoisotopic (exact) mass is 308 g/mol. The van der Waals surface area contributed by atoms with Crippen LogP contribution < -0.4 is 5.32 Å². The fourth-order valence-electron chi connectivity index (χ4n) is 5.25. The number of hydrogen-bond acceptors (Lipinski definition) is 2. The summed E-state index contributed by atoms with van der Waals surface area (Å²) in [5.74, 6) is 1.10. The van der Waals surface area contributed by atoms with Crippen molar-refractivity contribution in [2.75, 3.05) is 13.1 Å². The van der Waals surface area contributed by atoms with Crippen molar-refractivity contribution >= 4 is 6.03 Å². The molecule has 4 nitrogen and oxygen atoms in total. The molecule has 1 saturated heterocycles. The fraction of sp³-hybridized carbons (Fsp3) is 0.944. The molecule has 0 spiro atoms. The first-order valence-corrected chi connectivity index (χ1v) is 8.99. The van der Waals surface area contributed by atoms with Gasteiger partial charge in [0.2, 0.25) is 0 Å². The SMILES string of the molecule is CC(O)C1CCN(C(=O)NC2CC3CCC2(C)C3(C)C)CC1. The number of aliphatic hydroxyl groups is 1. The zero-order chi connectivity index (χ0) is 16.1. The van der Waals surface area contributed by atoms with Crippen LogP contribution in [-0.2, 0) is 0 Å². The first-order chi connectivity index (χ1) is 10.3. The molecule has 0 aromatic heterocycles. The van der Waals surface area contributed by atoms with Gasteiger partial charge in [0, 0.05) is 19.1 Å². The molecule has 2 bridgehead atoms. The molecule has 1 heterocycles. The van der Waals surface area contributed by atoms with Crippen molar-refractivity contribution in [1.29, 1.82) is 0 Å². The van der Waals surface area contributed by atoms with E-state index < -0.39 is 0 Å². The van der Waals surface area contributed by atoms with Crippen molar-refractivity contribution in [2.45, 2.75) is 71.9 Å². The van der Waals surface area contributed by atoms with Crippen LogP contribution in [0.25, 0.3) is 0 Å². The predicted molar refractivity (Wildman–Crippen MR) is 87.5 cm³/mol. The second kappa shape index (κ2) is 5.40. The third-order valence-corrected chi connectivity index (χ3v) is 7.60. The van der Waals surface area contributed by atoms with Gasteiger partial charge in [0.05, 0.1) is 6.10 Å². The van der Waals surface area contributed by atoms with Gasteiger partial charge in [-0.2, -0.15) is 0 Å². The Labute approximate surface area is 134 Å². The molecule has 2 saturated carbocycles. The lowest BCUT2D eigenvalue weighted by Gasteiger charge is -2.41. The number of fused-ring (bicyclic) bond motifs is 2. The number of rotatable bonds is 2. The van der Waals surface area contributed by atoms with E-state index in [0.29, 0.717) is 17.4 Å². The van der Waals surface area contributed by atoms with Gasteiger partial charge in [-0.25, -0.2) is 4.79 Å². The summed E-state index contributed by atoms with van der Waals surface area (Å²) < 4.78 is 0. The molecule has 2 N–H and O–H groups in total. The average Bonchev–Trinajstić information content (AvgIpc) is 2.80. The summed E-state index contributed by atoms with van der Waals surface area (Å²) >= 11 is 0. The van der Waals surface area contributed by atoms with E-state index in [1.54, 1.807) is 0 Å². The van der Waals surface area contributed by atoms with Gasteiger partial charge in [-0.15, -0.1) is 0 Å². The van der Waals surface area contributed by atoms with Crippen LogP contribution in [0.4, 0.5) is 4.79 Å². The largest absolute Gasteiger partial charge is 0.393 e. The number of carbonyl (C=O) groups excluding carboxylic acids is 1. The first kappa shape index (κ1) is 16.1. The Morgan fingerprint density at radius 1 is 1.23 bits per heavy atom. The van der Waals surface area contributed by atoms with Crippen molar-refractivity contribution in [2.24, 2.45) is 22.7 Å². The molecular formula is C18H32N2O2. The number of likely N-dealkylation sites (tertiary alicyclic amines) is 1. The zero-order valence-electron chi connectivity index (χ0n) is 14.6. The third kappa shape index (κ3) is 2.34. The molecular weight excluding hydrogens is 276 g/mol. The summed E-state index contributed by atoms with van der Waals surface area (Å²) in [5, 5.41) is 13.0. The molecule has 3 fully saturated rings. The number of nitrogens with one attached hydrogen (secondary N) is 1. The molecule has 0 radical (unpaired) electrons. The van der Waals surface area contributed by atoms with E-state index in [9.17, 15) is 9.90 Å². The maximum absolute atomic E-state index is 12.6. The Hall–Kier alpha value is -0.770. The normalized spacial score (nSPS) is 39.0. The molecule has 0 aromatic carbocycles. The van der Waals surface area contributed by atoms with Gasteiger partial charge in [0.1, 0.15) is 0 Å². The van der Waals surface area contributed by atoms with Crippen molar-refractivity contribution in [3.63, 3.8) is 0 Å². The summed E-state index contributed by atoms with van der Waals surface area (Å²) in [6, 6.07) is 0.432. The smallest absolute Gasteiger partial charge is 0.317 e. The summed E-state index contributed by atoms with van der Waals surface area (Å²) in [6.45, 7) is 10.5. The molecule has 2 amide bonds. The molecule has 3 aliphatic rings. The fourth-order valence-corrected chi connectivity index (χ4v) is 5.25. The van der Waals surface area contributed by atoms with E-state index in [2.05, 4.69) is 26.1 Å². The highest BCUT2D eigenvalue weighted by molar-refractivity contribution is 5.74. The van der Waals surface area contributed by atoms with Crippen molar-refractivity contribution in [3.05, 3.63) is 0 Å². The van der Waals surface area contributed by atoms with Gasteiger partial charge < -0.3 is 15.3 Å². The lowest BCUT2D eigenvalue weighted by atomic mass is 9.69. The van der Waals surface area contributed by atoms with Crippen LogP contribution in [0, 0.1) is 22.7 Å². The van der Waals surface area contributed by atoms with E-state index in [-0.39, 0.29) is 17.6 Å². The minimum Gasteiger partial charge on any atom is -0.393 e. The van der Waals surface area contributed by atoms with Gasteiger partial charge in [-0.05, 0) is 61.7 Å². The first-order valence-electron chi connectivity index (χ1n) is 8.99. The third-order valence-electron chi connectivity index (χ3n) is 7.60. The Bertz CT molecular complexity index is 440. The van der Waals surface area contributed by atoms with E-state index in [0.717, 1.165) is 38.3 Å². The second-order valence-electron chi connectivity index (χ2n) is 8.68. The zero-order valence-corrected chi connectivity index (χ0v) is 14.6. The number of piperidine rings is 1. The quantitative estimate of drug-likeness (QED) is 0.824. The van der Waals surface area contributed by atoms with Crippen molar-refractivity contribution in [3.8, 4) is 0 Å². The molecule has 2 aliphatic carbocycles. The lowest BCUT2D eigenvalue weighted by molar-refractivity contribution is 0.0756. The number of amides is 2. The highest BCUT2D eigenvalue weighted by Gasteiger charge is 2.61. The number of carbonyl (C=O) groups is 1. The highest BCUT2D eigenvalue weighted by atomic mass is 16.3. The van der Waals surface area contributed by atoms with E-state index >= 15 is 0 Å². The maximum atomic E-state index is 12.6. The standard InChI is InChI=1S/C18H32N2O2/c1-12(21)13-6-9-20(10-7-13)16(22)19-15-11-14-5-8-18(15,4)17(14,2)3/h12-15,21H,5-11H2,1-4H3,(H,19,22). The summed E-state index contributed by atoms with van der Waals surface area (Å²) in [7, 11) is 0. The number of nitrogens with zero attached hydrogens (tertiary/aromatic N) is 1.